The smallest absolute Gasteiger partial charge is 0.168 e. The van der Waals surface area contributed by atoms with Gasteiger partial charge in [-0.25, -0.2) is 0 Å². The Morgan fingerprint density at radius 2 is 1.83 bits per heavy atom. The van der Waals surface area contributed by atoms with Crippen LogP contribution in [0.25, 0.3) is 0 Å². The second-order valence-corrected chi connectivity index (χ2v) is 6.72. The Hall–Kier alpha value is -1.83. The second kappa shape index (κ2) is 5.67. The lowest BCUT2D eigenvalue weighted by molar-refractivity contribution is -0.206. The quantitative estimate of drug-likeness (QED) is 0.691. The van der Waals surface area contributed by atoms with Gasteiger partial charge in [-0.2, -0.15) is 0 Å². The summed E-state index contributed by atoms with van der Waals surface area (Å²) in [6, 6.07) is 8.20. The van der Waals surface area contributed by atoms with Crippen molar-refractivity contribution in [3.8, 4) is 11.8 Å². The molecule has 4 heteroatoms. The average Bonchev–Trinajstić information content (AvgIpc) is 3.17. The molecule has 1 saturated heterocycles. The fourth-order valence-corrected chi connectivity index (χ4v) is 3.60. The van der Waals surface area contributed by atoms with E-state index >= 15 is 0 Å². The van der Waals surface area contributed by atoms with Gasteiger partial charge in [-0.05, 0) is 43.4 Å². The maximum atomic E-state index is 5.78. The minimum atomic E-state index is -0.357. The Labute approximate surface area is 136 Å². The van der Waals surface area contributed by atoms with Crippen molar-refractivity contribution in [1.82, 2.24) is 0 Å². The standard InChI is InChI=1S/C19H21NO3/c1-15-3-2-4-16(13-15)5-6-17-14-18(23-20-17)7-9-19(10-8-18)21-11-12-22-19/h2-4,13H,7-12,14H2,1H3. The number of oxime groups is 1. The zero-order valence-corrected chi connectivity index (χ0v) is 13.4. The summed E-state index contributed by atoms with van der Waals surface area (Å²) in [5, 5.41) is 4.23. The molecular formula is C19H21NO3. The van der Waals surface area contributed by atoms with Crippen LogP contribution in [0, 0.1) is 18.8 Å². The van der Waals surface area contributed by atoms with Gasteiger partial charge in [0.15, 0.2) is 5.79 Å². The zero-order valence-electron chi connectivity index (χ0n) is 13.4. The number of aryl methyl sites for hydroxylation is 1. The highest BCUT2D eigenvalue weighted by Gasteiger charge is 2.50. The predicted octanol–water partition coefficient (Wildman–Crippen LogP) is 3.18. The van der Waals surface area contributed by atoms with Crippen molar-refractivity contribution in [2.75, 3.05) is 13.2 Å². The molecule has 1 aromatic rings. The molecule has 2 aliphatic heterocycles. The molecule has 0 bridgehead atoms. The van der Waals surface area contributed by atoms with Crippen LogP contribution in [0.5, 0.6) is 0 Å². The SMILES string of the molecule is Cc1cccc(C#CC2=NOC3(CCC4(CC3)OCCO4)C2)c1. The molecule has 1 aliphatic carbocycles. The van der Waals surface area contributed by atoms with Crippen LogP contribution >= 0.6 is 0 Å². The van der Waals surface area contributed by atoms with E-state index in [0.717, 1.165) is 43.4 Å². The number of hydrogen-bond acceptors (Lipinski definition) is 4. The predicted molar refractivity (Wildman–Crippen MR) is 87.0 cm³/mol. The number of nitrogens with zero attached hydrogens (tertiary/aromatic N) is 1. The van der Waals surface area contributed by atoms with Crippen LogP contribution < -0.4 is 0 Å². The lowest BCUT2D eigenvalue weighted by Gasteiger charge is -2.39. The summed E-state index contributed by atoms with van der Waals surface area (Å²) in [5.41, 5.74) is 2.88. The summed E-state index contributed by atoms with van der Waals surface area (Å²) in [7, 11) is 0. The monoisotopic (exact) mass is 311 g/mol. The zero-order chi connectivity index (χ0) is 15.8. The Balaban J connectivity index is 1.40. The normalized spacial score (nSPS) is 24.1. The Morgan fingerprint density at radius 3 is 2.57 bits per heavy atom. The van der Waals surface area contributed by atoms with Crippen LogP contribution in [0.1, 0.15) is 43.2 Å². The third-order valence-corrected chi connectivity index (χ3v) is 4.94. The first-order valence-electron chi connectivity index (χ1n) is 8.29. The van der Waals surface area contributed by atoms with Gasteiger partial charge in [0.2, 0.25) is 0 Å². The molecule has 2 heterocycles. The largest absolute Gasteiger partial charge is 0.388 e. The molecule has 0 radical (unpaired) electrons. The Kier molecular flexibility index (Phi) is 3.63. The van der Waals surface area contributed by atoms with Gasteiger partial charge in [0, 0.05) is 24.8 Å². The van der Waals surface area contributed by atoms with Crippen LogP contribution in [0.2, 0.25) is 0 Å². The van der Waals surface area contributed by atoms with E-state index in [1.807, 2.05) is 12.1 Å². The molecule has 1 aromatic carbocycles. The van der Waals surface area contributed by atoms with E-state index < -0.39 is 0 Å². The molecule has 0 amide bonds. The van der Waals surface area contributed by atoms with Crippen molar-refractivity contribution in [2.45, 2.75) is 50.4 Å². The van der Waals surface area contributed by atoms with Crippen molar-refractivity contribution >= 4 is 5.71 Å². The van der Waals surface area contributed by atoms with Crippen molar-refractivity contribution in [1.29, 1.82) is 0 Å². The molecule has 0 unspecified atom stereocenters. The minimum absolute atomic E-state index is 0.197. The van der Waals surface area contributed by atoms with E-state index in [2.05, 4.69) is 36.1 Å². The summed E-state index contributed by atoms with van der Waals surface area (Å²) in [5.74, 6) is 6.00. The van der Waals surface area contributed by atoms with Gasteiger partial charge in [0.05, 0.1) is 13.2 Å². The first-order valence-corrected chi connectivity index (χ1v) is 8.29. The Bertz CT molecular complexity index is 682. The van der Waals surface area contributed by atoms with Gasteiger partial charge in [-0.15, -0.1) is 0 Å². The van der Waals surface area contributed by atoms with Gasteiger partial charge in [-0.1, -0.05) is 23.2 Å². The number of rotatable bonds is 0. The van der Waals surface area contributed by atoms with E-state index in [9.17, 15) is 0 Å². The van der Waals surface area contributed by atoms with Gasteiger partial charge in [-0.3, -0.25) is 0 Å². The molecule has 0 N–H and O–H groups in total. The fourth-order valence-electron chi connectivity index (χ4n) is 3.60. The van der Waals surface area contributed by atoms with Crippen molar-refractivity contribution in [3.05, 3.63) is 35.4 Å². The maximum absolute atomic E-state index is 5.78. The van der Waals surface area contributed by atoms with Crippen molar-refractivity contribution in [3.63, 3.8) is 0 Å². The molecule has 0 aromatic heterocycles. The maximum Gasteiger partial charge on any atom is 0.168 e. The highest BCUT2D eigenvalue weighted by molar-refractivity contribution is 6.01. The molecule has 2 spiro atoms. The van der Waals surface area contributed by atoms with Crippen LogP contribution in [-0.2, 0) is 14.3 Å². The number of hydrogen-bond donors (Lipinski definition) is 0. The third kappa shape index (κ3) is 2.99. The number of ether oxygens (including phenoxy) is 2. The average molecular weight is 311 g/mol. The van der Waals surface area contributed by atoms with E-state index in [1.54, 1.807) is 0 Å². The molecular weight excluding hydrogens is 290 g/mol. The van der Waals surface area contributed by atoms with Crippen LogP contribution in [-0.4, -0.2) is 30.3 Å². The van der Waals surface area contributed by atoms with Gasteiger partial charge < -0.3 is 14.3 Å². The summed E-state index contributed by atoms with van der Waals surface area (Å²) in [6.07, 6.45) is 4.36. The second-order valence-electron chi connectivity index (χ2n) is 6.72. The highest BCUT2D eigenvalue weighted by atomic mass is 16.7. The molecule has 3 aliphatic rings. The van der Waals surface area contributed by atoms with E-state index in [0.29, 0.717) is 13.2 Å². The van der Waals surface area contributed by atoms with E-state index in [1.165, 1.54) is 5.56 Å². The third-order valence-electron chi connectivity index (χ3n) is 4.94. The van der Waals surface area contributed by atoms with Crippen LogP contribution in [0.15, 0.2) is 29.4 Å². The first kappa shape index (κ1) is 14.7. The molecule has 4 rings (SSSR count). The summed E-state index contributed by atoms with van der Waals surface area (Å²) < 4.78 is 11.6. The summed E-state index contributed by atoms with van der Waals surface area (Å²) in [6.45, 7) is 3.48. The molecule has 2 fully saturated rings. The lowest BCUT2D eigenvalue weighted by Crippen LogP contribution is -2.43. The topological polar surface area (TPSA) is 40.0 Å². The molecule has 23 heavy (non-hydrogen) atoms. The first-order chi connectivity index (χ1) is 11.2. The molecule has 120 valence electrons. The number of benzene rings is 1. The van der Waals surface area contributed by atoms with E-state index in [-0.39, 0.29) is 11.4 Å². The van der Waals surface area contributed by atoms with E-state index in [4.69, 9.17) is 14.3 Å². The lowest BCUT2D eigenvalue weighted by atomic mass is 9.78. The molecule has 4 nitrogen and oxygen atoms in total. The summed E-state index contributed by atoms with van der Waals surface area (Å²) >= 11 is 0. The van der Waals surface area contributed by atoms with Gasteiger partial charge in [0.1, 0.15) is 11.3 Å². The van der Waals surface area contributed by atoms with Crippen LogP contribution in [0.3, 0.4) is 0 Å². The van der Waals surface area contributed by atoms with Crippen molar-refractivity contribution < 1.29 is 14.3 Å². The van der Waals surface area contributed by atoms with Gasteiger partial charge in [0.25, 0.3) is 0 Å². The molecule has 1 saturated carbocycles. The van der Waals surface area contributed by atoms with Gasteiger partial charge >= 0.3 is 0 Å². The fraction of sp³-hybridized carbons (Fsp3) is 0.526. The highest BCUT2D eigenvalue weighted by Crippen LogP contribution is 2.45. The Morgan fingerprint density at radius 1 is 1.04 bits per heavy atom. The molecule has 0 atom stereocenters. The summed E-state index contributed by atoms with van der Waals surface area (Å²) in [4.78, 5) is 5.78. The van der Waals surface area contributed by atoms with Crippen molar-refractivity contribution in [2.24, 2.45) is 5.16 Å². The minimum Gasteiger partial charge on any atom is -0.388 e. The van der Waals surface area contributed by atoms with Crippen LogP contribution in [0.4, 0.5) is 0 Å².